The van der Waals surface area contributed by atoms with Crippen molar-refractivity contribution in [3.8, 4) is 0 Å². The minimum absolute atomic E-state index is 0.0673. The van der Waals surface area contributed by atoms with E-state index in [0.717, 1.165) is 51.3 Å². The predicted octanol–water partition coefficient (Wildman–Crippen LogP) is 2.09. The highest BCUT2D eigenvalue weighted by atomic mass is 16.5. The molecule has 1 unspecified atom stereocenters. The van der Waals surface area contributed by atoms with Gasteiger partial charge in [-0.15, -0.1) is 0 Å². The molecule has 0 radical (unpaired) electrons. The van der Waals surface area contributed by atoms with Crippen LogP contribution >= 0.6 is 0 Å². The number of rotatable bonds is 1. The summed E-state index contributed by atoms with van der Waals surface area (Å²) in [6.07, 6.45) is 8.27. The smallest absolute Gasteiger partial charge is 0.105 e. The first-order valence-corrected chi connectivity index (χ1v) is 6.50. The fourth-order valence-corrected chi connectivity index (χ4v) is 3.10. The van der Waals surface area contributed by atoms with Gasteiger partial charge < -0.3 is 14.0 Å². The second-order valence-corrected chi connectivity index (χ2v) is 5.17. The molecule has 2 aliphatic heterocycles. The van der Waals surface area contributed by atoms with Crippen LogP contribution < -0.4 is 0 Å². The van der Waals surface area contributed by atoms with Crippen molar-refractivity contribution in [1.29, 1.82) is 0 Å². The molecule has 17 heavy (non-hydrogen) atoms. The molecule has 0 amide bonds. The normalized spacial score (nSPS) is 28.4. The first-order valence-electron chi connectivity index (χ1n) is 6.50. The Kier molecular flexibility index (Phi) is 2.92. The van der Waals surface area contributed by atoms with Crippen LogP contribution in [0.1, 0.15) is 37.5 Å². The Morgan fingerprint density at radius 2 is 2.18 bits per heavy atom. The lowest BCUT2D eigenvalue weighted by Gasteiger charge is -2.43. The first-order chi connectivity index (χ1) is 8.29. The zero-order valence-electron chi connectivity index (χ0n) is 10.4. The van der Waals surface area contributed by atoms with Crippen LogP contribution in [0, 0.1) is 6.92 Å². The standard InChI is InChI=1S/C13H20N2O2/c1-11-14-5-6-15(11)12-2-7-17-13(10-12)3-8-16-9-4-13/h5-6,12H,2-4,7-10H2,1H3. The van der Waals surface area contributed by atoms with E-state index in [-0.39, 0.29) is 5.60 Å². The number of nitrogens with zero attached hydrogens (tertiary/aromatic N) is 2. The Morgan fingerprint density at radius 3 is 2.88 bits per heavy atom. The average molecular weight is 236 g/mol. The maximum atomic E-state index is 6.06. The fourth-order valence-electron chi connectivity index (χ4n) is 3.10. The van der Waals surface area contributed by atoms with Gasteiger partial charge in [-0.3, -0.25) is 0 Å². The van der Waals surface area contributed by atoms with E-state index in [1.807, 2.05) is 6.20 Å². The van der Waals surface area contributed by atoms with Gasteiger partial charge in [0.1, 0.15) is 5.82 Å². The van der Waals surface area contributed by atoms with Gasteiger partial charge in [0, 0.05) is 38.3 Å². The molecule has 2 fully saturated rings. The van der Waals surface area contributed by atoms with Crippen LogP contribution in [0.15, 0.2) is 12.4 Å². The summed E-state index contributed by atoms with van der Waals surface area (Å²) in [4.78, 5) is 4.32. The largest absolute Gasteiger partial charge is 0.381 e. The zero-order chi connectivity index (χ0) is 11.7. The number of aryl methyl sites for hydroxylation is 1. The summed E-state index contributed by atoms with van der Waals surface area (Å²) < 4.78 is 13.8. The average Bonchev–Trinajstić information content (AvgIpc) is 2.77. The summed E-state index contributed by atoms with van der Waals surface area (Å²) in [6, 6.07) is 0.546. The maximum absolute atomic E-state index is 6.06. The molecule has 0 bridgehead atoms. The molecule has 1 spiro atoms. The number of hydrogen-bond donors (Lipinski definition) is 0. The Bertz CT molecular complexity index is 377. The van der Waals surface area contributed by atoms with Gasteiger partial charge in [0.25, 0.3) is 0 Å². The summed E-state index contributed by atoms with van der Waals surface area (Å²) in [5.41, 5.74) is 0.0673. The summed E-state index contributed by atoms with van der Waals surface area (Å²) in [5.74, 6) is 1.11. The number of hydrogen-bond acceptors (Lipinski definition) is 3. The van der Waals surface area contributed by atoms with Crippen molar-refractivity contribution >= 4 is 0 Å². The number of aromatic nitrogens is 2. The van der Waals surface area contributed by atoms with E-state index in [1.54, 1.807) is 0 Å². The van der Waals surface area contributed by atoms with Crippen LogP contribution in [0.2, 0.25) is 0 Å². The highest BCUT2D eigenvalue weighted by molar-refractivity contribution is 4.97. The van der Waals surface area contributed by atoms with Gasteiger partial charge in [-0.25, -0.2) is 4.98 Å². The topological polar surface area (TPSA) is 36.3 Å². The molecule has 1 aromatic rings. The third-order valence-electron chi connectivity index (χ3n) is 4.13. The lowest BCUT2D eigenvalue weighted by atomic mass is 9.84. The second-order valence-electron chi connectivity index (χ2n) is 5.17. The molecule has 0 aliphatic carbocycles. The molecule has 0 aromatic carbocycles. The first kappa shape index (κ1) is 11.2. The Balaban J connectivity index is 1.77. The van der Waals surface area contributed by atoms with Gasteiger partial charge in [0.2, 0.25) is 0 Å². The van der Waals surface area contributed by atoms with Crippen LogP contribution in [0.4, 0.5) is 0 Å². The van der Waals surface area contributed by atoms with Crippen molar-refractivity contribution < 1.29 is 9.47 Å². The Labute approximate surface area is 102 Å². The van der Waals surface area contributed by atoms with Crippen LogP contribution in [-0.4, -0.2) is 35.0 Å². The quantitative estimate of drug-likeness (QED) is 0.749. The third kappa shape index (κ3) is 2.11. The molecule has 4 heteroatoms. The molecular formula is C13H20N2O2. The van der Waals surface area contributed by atoms with E-state index < -0.39 is 0 Å². The maximum Gasteiger partial charge on any atom is 0.105 e. The fraction of sp³-hybridized carbons (Fsp3) is 0.769. The Morgan fingerprint density at radius 1 is 1.35 bits per heavy atom. The van der Waals surface area contributed by atoms with Crippen molar-refractivity contribution in [1.82, 2.24) is 9.55 Å². The molecule has 0 N–H and O–H groups in total. The molecular weight excluding hydrogens is 216 g/mol. The van der Waals surface area contributed by atoms with E-state index in [1.165, 1.54) is 0 Å². The van der Waals surface area contributed by atoms with E-state index in [4.69, 9.17) is 9.47 Å². The van der Waals surface area contributed by atoms with E-state index in [2.05, 4.69) is 22.7 Å². The molecule has 2 saturated heterocycles. The lowest BCUT2D eigenvalue weighted by Crippen LogP contribution is -2.44. The molecule has 1 atom stereocenters. The minimum atomic E-state index is 0.0673. The van der Waals surface area contributed by atoms with E-state index >= 15 is 0 Å². The van der Waals surface area contributed by atoms with Gasteiger partial charge in [0.15, 0.2) is 0 Å². The molecule has 94 valence electrons. The van der Waals surface area contributed by atoms with Crippen molar-refractivity contribution in [2.75, 3.05) is 19.8 Å². The van der Waals surface area contributed by atoms with Gasteiger partial charge in [-0.05, 0) is 32.6 Å². The second kappa shape index (κ2) is 4.42. The van der Waals surface area contributed by atoms with Crippen molar-refractivity contribution in [3.05, 3.63) is 18.2 Å². The van der Waals surface area contributed by atoms with Crippen LogP contribution in [0.5, 0.6) is 0 Å². The van der Waals surface area contributed by atoms with Crippen LogP contribution in [0.3, 0.4) is 0 Å². The van der Waals surface area contributed by atoms with E-state index in [9.17, 15) is 0 Å². The summed E-state index contributed by atoms with van der Waals surface area (Å²) >= 11 is 0. The van der Waals surface area contributed by atoms with Crippen LogP contribution in [0.25, 0.3) is 0 Å². The van der Waals surface area contributed by atoms with Crippen molar-refractivity contribution in [2.45, 2.75) is 44.2 Å². The monoisotopic (exact) mass is 236 g/mol. The van der Waals surface area contributed by atoms with Crippen molar-refractivity contribution in [2.24, 2.45) is 0 Å². The summed E-state index contributed by atoms with van der Waals surface area (Å²) in [6.45, 7) is 4.62. The van der Waals surface area contributed by atoms with E-state index in [0.29, 0.717) is 6.04 Å². The SMILES string of the molecule is Cc1nccn1C1CCOC2(CCOCC2)C1. The van der Waals surface area contributed by atoms with Gasteiger partial charge in [-0.1, -0.05) is 0 Å². The van der Waals surface area contributed by atoms with Crippen molar-refractivity contribution in [3.63, 3.8) is 0 Å². The zero-order valence-corrected chi connectivity index (χ0v) is 10.4. The number of imidazole rings is 1. The highest BCUT2D eigenvalue weighted by Gasteiger charge is 2.39. The molecule has 0 saturated carbocycles. The predicted molar refractivity (Wildman–Crippen MR) is 64.0 cm³/mol. The van der Waals surface area contributed by atoms with Gasteiger partial charge in [0.05, 0.1) is 5.60 Å². The molecule has 3 rings (SSSR count). The summed E-state index contributed by atoms with van der Waals surface area (Å²) in [5, 5.41) is 0. The number of ether oxygens (including phenoxy) is 2. The molecule has 4 nitrogen and oxygen atoms in total. The highest BCUT2D eigenvalue weighted by Crippen LogP contribution is 2.39. The lowest BCUT2D eigenvalue weighted by molar-refractivity contribution is -0.144. The van der Waals surface area contributed by atoms with Gasteiger partial charge >= 0.3 is 0 Å². The minimum Gasteiger partial charge on any atom is -0.381 e. The molecule has 1 aromatic heterocycles. The third-order valence-corrected chi connectivity index (χ3v) is 4.13. The van der Waals surface area contributed by atoms with Gasteiger partial charge in [-0.2, -0.15) is 0 Å². The Hall–Kier alpha value is -0.870. The molecule has 3 heterocycles. The summed E-state index contributed by atoms with van der Waals surface area (Å²) in [7, 11) is 0. The van der Waals surface area contributed by atoms with Crippen LogP contribution in [-0.2, 0) is 9.47 Å². The molecule has 2 aliphatic rings.